The summed E-state index contributed by atoms with van der Waals surface area (Å²) in [5.41, 5.74) is 1.03. The highest BCUT2D eigenvalue weighted by molar-refractivity contribution is 9.10. The Kier molecular flexibility index (Phi) is 5.97. The van der Waals surface area contributed by atoms with Gasteiger partial charge in [-0.2, -0.15) is 0 Å². The van der Waals surface area contributed by atoms with E-state index < -0.39 is 0 Å². The molecule has 0 heterocycles. The van der Waals surface area contributed by atoms with Gasteiger partial charge in [0.05, 0.1) is 19.1 Å². The van der Waals surface area contributed by atoms with Gasteiger partial charge in [-0.15, -0.1) is 0 Å². The molecule has 120 valence electrons. The fourth-order valence-electron chi connectivity index (χ4n) is 2.24. The van der Waals surface area contributed by atoms with E-state index in [0.29, 0.717) is 6.04 Å². The van der Waals surface area contributed by atoms with Gasteiger partial charge in [-0.05, 0) is 38.4 Å². The van der Waals surface area contributed by atoms with Crippen molar-refractivity contribution >= 4 is 27.7 Å². The molecule has 1 saturated carbocycles. The first-order valence-corrected chi connectivity index (χ1v) is 8.26. The molecule has 1 aromatic rings. The van der Waals surface area contributed by atoms with Crippen LogP contribution in [0.4, 0.5) is 0 Å². The molecule has 0 saturated heterocycles. The van der Waals surface area contributed by atoms with E-state index in [1.165, 1.54) is 0 Å². The van der Waals surface area contributed by atoms with Gasteiger partial charge in [-0.3, -0.25) is 14.5 Å². The number of rotatable bonds is 7. The Hall–Kier alpha value is -1.40. The van der Waals surface area contributed by atoms with Gasteiger partial charge in [0, 0.05) is 10.5 Å². The van der Waals surface area contributed by atoms with Crippen molar-refractivity contribution in [3.05, 3.63) is 34.3 Å². The highest BCUT2D eigenvalue weighted by atomic mass is 79.9. The minimum absolute atomic E-state index is 0.0170. The Morgan fingerprint density at radius 1 is 1.27 bits per heavy atom. The van der Waals surface area contributed by atoms with E-state index >= 15 is 0 Å². The van der Waals surface area contributed by atoms with Crippen LogP contribution in [0, 0.1) is 0 Å². The van der Waals surface area contributed by atoms with Crippen LogP contribution in [0.1, 0.15) is 31.4 Å². The molecule has 6 heteroatoms. The predicted octanol–water partition coefficient (Wildman–Crippen LogP) is 1.84. The number of carbonyl (C=O) groups excluding carboxylic acids is 2. The van der Waals surface area contributed by atoms with Crippen LogP contribution >= 0.6 is 15.9 Å². The number of amides is 2. The summed E-state index contributed by atoms with van der Waals surface area (Å²) in [6, 6.07) is 8.07. The van der Waals surface area contributed by atoms with Gasteiger partial charge in [0.15, 0.2) is 0 Å². The first-order valence-electron chi connectivity index (χ1n) is 7.47. The molecule has 1 aliphatic carbocycles. The second-order valence-electron chi connectivity index (χ2n) is 5.82. The largest absolute Gasteiger partial charge is 0.352 e. The SMILES string of the molecule is C[C@H](NC(=O)CN(C)CC(=O)NC1CC1)c1ccccc1Br. The number of hydrogen-bond acceptors (Lipinski definition) is 3. The number of halogens is 1. The molecule has 0 unspecified atom stereocenters. The van der Waals surface area contributed by atoms with Crippen LogP contribution in [-0.2, 0) is 9.59 Å². The summed E-state index contributed by atoms with van der Waals surface area (Å²) in [6.45, 7) is 2.39. The van der Waals surface area contributed by atoms with E-state index in [-0.39, 0.29) is 30.9 Å². The summed E-state index contributed by atoms with van der Waals surface area (Å²) in [7, 11) is 1.77. The first kappa shape index (κ1) is 17.0. The van der Waals surface area contributed by atoms with Crippen LogP contribution in [-0.4, -0.2) is 42.9 Å². The summed E-state index contributed by atoms with van der Waals surface area (Å²) in [5.74, 6) is -0.110. The lowest BCUT2D eigenvalue weighted by Gasteiger charge is -2.19. The molecule has 1 atom stereocenters. The molecule has 0 spiro atoms. The van der Waals surface area contributed by atoms with Crippen LogP contribution in [0.2, 0.25) is 0 Å². The molecule has 22 heavy (non-hydrogen) atoms. The summed E-state index contributed by atoms with van der Waals surface area (Å²) < 4.78 is 0.972. The summed E-state index contributed by atoms with van der Waals surface area (Å²) in [4.78, 5) is 25.5. The number of nitrogens with one attached hydrogen (secondary N) is 2. The van der Waals surface area contributed by atoms with Gasteiger partial charge >= 0.3 is 0 Å². The molecule has 0 bridgehead atoms. The number of hydrogen-bond donors (Lipinski definition) is 2. The Morgan fingerprint density at radius 2 is 1.91 bits per heavy atom. The van der Waals surface area contributed by atoms with Crippen LogP contribution in [0.5, 0.6) is 0 Å². The minimum atomic E-state index is -0.0926. The quantitative estimate of drug-likeness (QED) is 0.772. The lowest BCUT2D eigenvalue weighted by molar-refractivity contribution is -0.125. The molecule has 2 N–H and O–H groups in total. The highest BCUT2D eigenvalue weighted by Crippen LogP contribution is 2.22. The van der Waals surface area contributed by atoms with Crippen molar-refractivity contribution in [2.24, 2.45) is 0 Å². The number of nitrogens with zero attached hydrogens (tertiary/aromatic N) is 1. The van der Waals surface area contributed by atoms with Gasteiger partial charge in [0.2, 0.25) is 11.8 Å². The van der Waals surface area contributed by atoms with Crippen LogP contribution in [0.3, 0.4) is 0 Å². The number of benzene rings is 1. The van der Waals surface area contributed by atoms with Crippen molar-refractivity contribution in [2.75, 3.05) is 20.1 Å². The van der Waals surface area contributed by atoms with E-state index in [9.17, 15) is 9.59 Å². The molecule has 2 rings (SSSR count). The Morgan fingerprint density at radius 3 is 2.55 bits per heavy atom. The van der Waals surface area contributed by atoms with Crippen molar-refractivity contribution < 1.29 is 9.59 Å². The van der Waals surface area contributed by atoms with Crippen molar-refractivity contribution in [1.29, 1.82) is 0 Å². The monoisotopic (exact) mass is 367 g/mol. The summed E-state index contributed by atoms with van der Waals surface area (Å²) in [5, 5.41) is 5.87. The Bertz CT molecular complexity index is 546. The highest BCUT2D eigenvalue weighted by Gasteiger charge is 2.23. The number of likely N-dealkylation sites (N-methyl/N-ethyl adjacent to an activating group) is 1. The zero-order chi connectivity index (χ0) is 16.1. The molecule has 0 aliphatic heterocycles. The summed E-state index contributed by atoms with van der Waals surface area (Å²) in [6.07, 6.45) is 2.14. The topological polar surface area (TPSA) is 61.4 Å². The average Bonchev–Trinajstić information content (AvgIpc) is 3.22. The molecule has 1 fully saturated rings. The maximum Gasteiger partial charge on any atom is 0.234 e. The standard InChI is InChI=1S/C16H22BrN3O2/c1-11(13-5-3-4-6-14(13)17)18-15(21)9-20(2)10-16(22)19-12-7-8-12/h3-6,11-12H,7-10H2,1-2H3,(H,18,21)(H,19,22)/t11-/m0/s1. The van der Waals surface area contributed by atoms with Crippen LogP contribution in [0.15, 0.2) is 28.7 Å². The minimum Gasteiger partial charge on any atom is -0.352 e. The van der Waals surface area contributed by atoms with E-state index in [0.717, 1.165) is 22.9 Å². The second kappa shape index (κ2) is 7.74. The smallest absolute Gasteiger partial charge is 0.234 e. The average molecular weight is 368 g/mol. The van der Waals surface area contributed by atoms with Crippen molar-refractivity contribution in [2.45, 2.75) is 31.8 Å². The van der Waals surface area contributed by atoms with Crippen LogP contribution < -0.4 is 10.6 Å². The van der Waals surface area contributed by atoms with Crippen molar-refractivity contribution in [3.63, 3.8) is 0 Å². The maximum absolute atomic E-state index is 12.1. The van der Waals surface area contributed by atoms with Gasteiger partial charge in [0.1, 0.15) is 0 Å². The van der Waals surface area contributed by atoms with E-state index in [1.807, 2.05) is 31.2 Å². The van der Waals surface area contributed by atoms with E-state index in [1.54, 1.807) is 11.9 Å². The van der Waals surface area contributed by atoms with Crippen LogP contribution in [0.25, 0.3) is 0 Å². The molecule has 0 radical (unpaired) electrons. The van der Waals surface area contributed by atoms with Gasteiger partial charge < -0.3 is 10.6 Å². The molecule has 5 nitrogen and oxygen atoms in total. The lowest BCUT2D eigenvalue weighted by Crippen LogP contribution is -2.41. The number of carbonyl (C=O) groups is 2. The molecular weight excluding hydrogens is 346 g/mol. The second-order valence-corrected chi connectivity index (χ2v) is 6.68. The normalized spacial score (nSPS) is 15.5. The van der Waals surface area contributed by atoms with Crippen molar-refractivity contribution in [3.8, 4) is 0 Å². The fourth-order valence-corrected chi connectivity index (χ4v) is 2.87. The predicted molar refractivity (Wildman–Crippen MR) is 89.4 cm³/mol. The summed E-state index contributed by atoms with van der Waals surface area (Å²) >= 11 is 3.48. The molecule has 1 aliphatic rings. The lowest BCUT2D eigenvalue weighted by atomic mass is 10.1. The van der Waals surface area contributed by atoms with Gasteiger partial charge in [-0.25, -0.2) is 0 Å². The third-order valence-corrected chi connectivity index (χ3v) is 4.24. The van der Waals surface area contributed by atoms with E-state index in [2.05, 4.69) is 26.6 Å². The Labute approximate surface area is 139 Å². The zero-order valence-electron chi connectivity index (χ0n) is 12.9. The third-order valence-electron chi connectivity index (χ3n) is 3.52. The molecule has 0 aromatic heterocycles. The van der Waals surface area contributed by atoms with Crippen molar-refractivity contribution in [1.82, 2.24) is 15.5 Å². The van der Waals surface area contributed by atoms with E-state index in [4.69, 9.17) is 0 Å². The Balaban J connectivity index is 1.76. The first-order chi connectivity index (χ1) is 10.5. The molecular formula is C16H22BrN3O2. The van der Waals surface area contributed by atoms with Gasteiger partial charge in [0.25, 0.3) is 0 Å². The maximum atomic E-state index is 12.1. The molecule has 1 aromatic carbocycles. The zero-order valence-corrected chi connectivity index (χ0v) is 14.5. The molecule has 2 amide bonds. The fraction of sp³-hybridized carbons (Fsp3) is 0.500. The third kappa shape index (κ3) is 5.42. The van der Waals surface area contributed by atoms with Gasteiger partial charge in [-0.1, -0.05) is 34.1 Å².